The molecule has 0 aliphatic carbocycles. The van der Waals surface area contributed by atoms with Gasteiger partial charge in [-0.05, 0) is 48.5 Å². The third-order valence-corrected chi connectivity index (χ3v) is 4.83. The van der Waals surface area contributed by atoms with Crippen molar-refractivity contribution in [1.82, 2.24) is 10.6 Å². The topological polar surface area (TPSA) is 36.1 Å². The molecule has 134 valence electrons. The van der Waals surface area contributed by atoms with Crippen LogP contribution in [-0.4, -0.2) is 21.1 Å². The highest BCUT2D eigenvalue weighted by atomic mass is 14.9. The van der Waals surface area contributed by atoms with Gasteiger partial charge in [-0.3, -0.25) is 0 Å². The summed E-state index contributed by atoms with van der Waals surface area (Å²) in [5, 5.41) is 10.3. The van der Waals surface area contributed by atoms with Gasteiger partial charge in [-0.25, -0.2) is 0 Å². The lowest BCUT2D eigenvalue weighted by molar-refractivity contribution is 0.674. The SMILES string of the molecule is CNc1ccc(C(NC)c2ccccc2)cc1C(NC)c1ccccc1. The number of anilines is 1. The molecule has 3 heteroatoms. The van der Waals surface area contributed by atoms with Gasteiger partial charge in [0.1, 0.15) is 0 Å². The van der Waals surface area contributed by atoms with Gasteiger partial charge in [0.2, 0.25) is 0 Å². The van der Waals surface area contributed by atoms with E-state index in [2.05, 4.69) is 94.8 Å². The smallest absolute Gasteiger partial charge is 0.0594 e. The third-order valence-electron chi connectivity index (χ3n) is 4.83. The standard InChI is InChI=1S/C23H27N3/c1-24-21-15-14-19(22(25-2)17-10-6-4-7-11-17)16-20(21)23(26-3)18-12-8-5-9-13-18/h4-16,22-26H,1-3H3. The number of nitrogens with one attached hydrogen (secondary N) is 3. The van der Waals surface area contributed by atoms with Gasteiger partial charge in [-0.15, -0.1) is 0 Å². The molecule has 0 aliphatic rings. The highest BCUT2D eigenvalue weighted by molar-refractivity contribution is 5.57. The molecule has 0 heterocycles. The molecular formula is C23H27N3. The molecule has 3 rings (SSSR count). The predicted octanol–water partition coefficient (Wildman–Crippen LogP) is 4.35. The van der Waals surface area contributed by atoms with Crippen molar-refractivity contribution in [3.05, 3.63) is 101 Å². The Hall–Kier alpha value is -2.62. The number of rotatable bonds is 7. The molecule has 0 bridgehead atoms. The molecule has 0 saturated carbocycles. The second-order valence-electron chi connectivity index (χ2n) is 6.36. The Bertz CT molecular complexity index is 815. The minimum atomic E-state index is 0.131. The Morgan fingerprint density at radius 2 is 1.12 bits per heavy atom. The molecule has 0 spiro atoms. The molecular weight excluding hydrogens is 318 g/mol. The molecule has 26 heavy (non-hydrogen) atoms. The van der Waals surface area contributed by atoms with E-state index in [1.54, 1.807) is 0 Å². The molecule has 0 aromatic heterocycles. The number of hydrogen-bond donors (Lipinski definition) is 3. The van der Waals surface area contributed by atoms with Crippen LogP contribution in [0.1, 0.15) is 34.3 Å². The summed E-state index contributed by atoms with van der Waals surface area (Å²) in [6, 6.07) is 28.1. The fraction of sp³-hybridized carbons (Fsp3) is 0.217. The maximum atomic E-state index is 3.47. The maximum Gasteiger partial charge on any atom is 0.0594 e. The molecule has 2 atom stereocenters. The summed E-state index contributed by atoms with van der Waals surface area (Å²) in [7, 11) is 6.00. The maximum absolute atomic E-state index is 3.47. The average Bonchev–Trinajstić information content (AvgIpc) is 2.71. The van der Waals surface area contributed by atoms with Crippen molar-refractivity contribution in [2.45, 2.75) is 12.1 Å². The fourth-order valence-corrected chi connectivity index (χ4v) is 3.55. The van der Waals surface area contributed by atoms with E-state index in [1.807, 2.05) is 21.1 Å². The Kier molecular flexibility index (Phi) is 6.05. The first-order valence-electron chi connectivity index (χ1n) is 9.04. The monoisotopic (exact) mass is 345 g/mol. The second-order valence-corrected chi connectivity index (χ2v) is 6.36. The lowest BCUT2D eigenvalue weighted by atomic mass is 9.91. The zero-order chi connectivity index (χ0) is 18.4. The lowest BCUT2D eigenvalue weighted by Gasteiger charge is -2.24. The van der Waals surface area contributed by atoms with Gasteiger partial charge in [-0.2, -0.15) is 0 Å². The Balaban J connectivity index is 2.06. The second kappa shape index (κ2) is 8.65. The van der Waals surface area contributed by atoms with Gasteiger partial charge in [-0.1, -0.05) is 66.7 Å². The van der Waals surface area contributed by atoms with Gasteiger partial charge in [0.15, 0.2) is 0 Å². The minimum Gasteiger partial charge on any atom is -0.388 e. The van der Waals surface area contributed by atoms with Crippen LogP contribution in [-0.2, 0) is 0 Å². The van der Waals surface area contributed by atoms with Crippen molar-refractivity contribution in [1.29, 1.82) is 0 Å². The van der Waals surface area contributed by atoms with Gasteiger partial charge < -0.3 is 16.0 Å². The molecule has 3 nitrogen and oxygen atoms in total. The Labute approximate surface area is 156 Å². The molecule has 0 saturated heterocycles. The van der Waals surface area contributed by atoms with Crippen LogP contribution in [0.15, 0.2) is 78.9 Å². The molecule has 3 N–H and O–H groups in total. The van der Waals surface area contributed by atoms with Crippen LogP contribution in [0.2, 0.25) is 0 Å². The molecule has 2 unspecified atom stereocenters. The van der Waals surface area contributed by atoms with E-state index >= 15 is 0 Å². The van der Waals surface area contributed by atoms with Crippen molar-refractivity contribution in [3.63, 3.8) is 0 Å². The molecule has 3 aromatic rings. The first-order valence-corrected chi connectivity index (χ1v) is 9.04. The van der Waals surface area contributed by atoms with Crippen molar-refractivity contribution >= 4 is 5.69 Å². The van der Waals surface area contributed by atoms with E-state index in [9.17, 15) is 0 Å². The molecule has 0 radical (unpaired) electrons. The van der Waals surface area contributed by atoms with Crippen LogP contribution < -0.4 is 16.0 Å². The van der Waals surface area contributed by atoms with Crippen molar-refractivity contribution in [3.8, 4) is 0 Å². The number of benzene rings is 3. The van der Waals surface area contributed by atoms with Crippen molar-refractivity contribution in [2.24, 2.45) is 0 Å². The van der Waals surface area contributed by atoms with E-state index in [-0.39, 0.29) is 12.1 Å². The zero-order valence-electron chi connectivity index (χ0n) is 15.7. The summed E-state index contributed by atoms with van der Waals surface area (Å²) in [6.45, 7) is 0. The average molecular weight is 345 g/mol. The summed E-state index contributed by atoms with van der Waals surface area (Å²) >= 11 is 0. The summed E-state index contributed by atoms with van der Waals surface area (Å²) < 4.78 is 0. The van der Waals surface area contributed by atoms with E-state index in [1.165, 1.54) is 22.3 Å². The minimum absolute atomic E-state index is 0.131. The van der Waals surface area contributed by atoms with E-state index < -0.39 is 0 Å². The first-order chi connectivity index (χ1) is 12.8. The first kappa shape index (κ1) is 18.2. The van der Waals surface area contributed by atoms with E-state index in [0.29, 0.717) is 0 Å². The van der Waals surface area contributed by atoms with Gasteiger partial charge in [0, 0.05) is 12.7 Å². The Morgan fingerprint density at radius 3 is 1.62 bits per heavy atom. The molecule has 0 aliphatic heterocycles. The molecule has 0 amide bonds. The molecule has 0 fully saturated rings. The predicted molar refractivity (Wildman–Crippen MR) is 111 cm³/mol. The lowest BCUT2D eigenvalue weighted by Crippen LogP contribution is -2.21. The highest BCUT2D eigenvalue weighted by Crippen LogP contribution is 2.32. The van der Waals surface area contributed by atoms with Gasteiger partial charge in [0.25, 0.3) is 0 Å². The van der Waals surface area contributed by atoms with Crippen LogP contribution in [0, 0.1) is 0 Å². The van der Waals surface area contributed by atoms with Crippen LogP contribution in [0.3, 0.4) is 0 Å². The summed E-state index contributed by atoms with van der Waals surface area (Å²) in [5.74, 6) is 0. The third kappa shape index (κ3) is 3.79. The molecule has 3 aromatic carbocycles. The quantitative estimate of drug-likeness (QED) is 0.596. The number of hydrogen-bond acceptors (Lipinski definition) is 3. The van der Waals surface area contributed by atoms with E-state index in [4.69, 9.17) is 0 Å². The van der Waals surface area contributed by atoms with Gasteiger partial charge in [0.05, 0.1) is 12.1 Å². The van der Waals surface area contributed by atoms with Crippen LogP contribution in [0.5, 0.6) is 0 Å². The van der Waals surface area contributed by atoms with Crippen molar-refractivity contribution in [2.75, 3.05) is 26.5 Å². The largest absolute Gasteiger partial charge is 0.388 e. The fourth-order valence-electron chi connectivity index (χ4n) is 3.55. The summed E-state index contributed by atoms with van der Waals surface area (Å²) in [4.78, 5) is 0. The van der Waals surface area contributed by atoms with Gasteiger partial charge >= 0.3 is 0 Å². The van der Waals surface area contributed by atoms with Crippen LogP contribution in [0.25, 0.3) is 0 Å². The van der Waals surface area contributed by atoms with Crippen LogP contribution >= 0.6 is 0 Å². The summed E-state index contributed by atoms with van der Waals surface area (Å²) in [5.41, 5.74) is 6.15. The summed E-state index contributed by atoms with van der Waals surface area (Å²) in [6.07, 6.45) is 0. The Morgan fingerprint density at radius 1 is 0.577 bits per heavy atom. The van der Waals surface area contributed by atoms with Crippen molar-refractivity contribution < 1.29 is 0 Å². The normalized spacial score (nSPS) is 13.2. The zero-order valence-corrected chi connectivity index (χ0v) is 15.7. The van der Waals surface area contributed by atoms with E-state index in [0.717, 1.165) is 5.69 Å². The van der Waals surface area contributed by atoms with Crippen LogP contribution in [0.4, 0.5) is 5.69 Å². The highest BCUT2D eigenvalue weighted by Gasteiger charge is 2.19.